The largest absolute Gasteiger partial charge is 0.495 e. The average Bonchev–Trinajstić information content (AvgIpc) is 2.40. The lowest BCUT2D eigenvalue weighted by atomic mass is 10.1. The van der Waals surface area contributed by atoms with E-state index in [1.807, 2.05) is 18.2 Å². The second-order valence-corrected chi connectivity index (χ2v) is 5.50. The molecule has 1 amide bonds. The van der Waals surface area contributed by atoms with E-state index in [0.717, 1.165) is 30.3 Å². The number of ether oxygens (including phenoxy) is 2. The molecule has 0 aliphatic carbocycles. The SMILES string of the molecule is COc1ccc(Br)cc1NC(=O)CC1CCCCO1. The van der Waals surface area contributed by atoms with Crippen LogP contribution in [0.2, 0.25) is 0 Å². The van der Waals surface area contributed by atoms with Crippen molar-refractivity contribution in [2.45, 2.75) is 31.8 Å². The first-order chi connectivity index (χ1) is 9.19. The van der Waals surface area contributed by atoms with Crippen LogP contribution in [0, 0.1) is 0 Å². The minimum Gasteiger partial charge on any atom is -0.495 e. The smallest absolute Gasteiger partial charge is 0.227 e. The molecule has 5 heteroatoms. The second kappa shape index (κ2) is 6.91. The maximum absolute atomic E-state index is 12.0. The Bertz CT molecular complexity index is 444. The summed E-state index contributed by atoms with van der Waals surface area (Å²) < 4.78 is 11.7. The highest BCUT2D eigenvalue weighted by Gasteiger charge is 2.18. The van der Waals surface area contributed by atoms with Crippen molar-refractivity contribution < 1.29 is 14.3 Å². The van der Waals surface area contributed by atoms with Crippen molar-refractivity contribution in [3.63, 3.8) is 0 Å². The summed E-state index contributed by atoms with van der Waals surface area (Å²) in [4.78, 5) is 12.0. The summed E-state index contributed by atoms with van der Waals surface area (Å²) in [5.41, 5.74) is 0.678. The number of halogens is 1. The third kappa shape index (κ3) is 4.21. The van der Waals surface area contributed by atoms with Gasteiger partial charge in [0.05, 0.1) is 25.3 Å². The van der Waals surface area contributed by atoms with E-state index in [4.69, 9.17) is 9.47 Å². The van der Waals surface area contributed by atoms with Crippen LogP contribution in [0.4, 0.5) is 5.69 Å². The van der Waals surface area contributed by atoms with Crippen LogP contribution in [0.1, 0.15) is 25.7 Å². The molecule has 1 aliphatic rings. The molecule has 1 aliphatic heterocycles. The van der Waals surface area contributed by atoms with Crippen molar-refractivity contribution in [3.8, 4) is 5.75 Å². The van der Waals surface area contributed by atoms with Gasteiger partial charge < -0.3 is 14.8 Å². The first-order valence-electron chi connectivity index (χ1n) is 6.44. The molecule has 1 atom stereocenters. The van der Waals surface area contributed by atoms with Gasteiger partial charge in [-0.05, 0) is 37.5 Å². The fraction of sp³-hybridized carbons (Fsp3) is 0.500. The molecule has 2 rings (SSSR count). The number of benzene rings is 1. The van der Waals surface area contributed by atoms with E-state index < -0.39 is 0 Å². The Labute approximate surface area is 121 Å². The number of carbonyl (C=O) groups excluding carboxylic acids is 1. The van der Waals surface area contributed by atoms with Gasteiger partial charge in [-0.1, -0.05) is 15.9 Å². The maximum atomic E-state index is 12.0. The average molecular weight is 328 g/mol. The molecule has 0 radical (unpaired) electrons. The number of hydrogen-bond acceptors (Lipinski definition) is 3. The van der Waals surface area contributed by atoms with E-state index in [1.54, 1.807) is 7.11 Å². The minimum absolute atomic E-state index is 0.0386. The number of hydrogen-bond donors (Lipinski definition) is 1. The highest BCUT2D eigenvalue weighted by molar-refractivity contribution is 9.10. The summed E-state index contributed by atoms with van der Waals surface area (Å²) >= 11 is 3.38. The van der Waals surface area contributed by atoms with Gasteiger partial charge in [0, 0.05) is 11.1 Å². The standard InChI is InChI=1S/C14H18BrNO3/c1-18-13-6-5-10(15)8-12(13)16-14(17)9-11-4-2-3-7-19-11/h5-6,8,11H,2-4,7,9H2,1H3,(H,16,17). The van der Waals surface area contributed by atoms with E-state index in [1.165, 1.54) is 0 Å². The van der Waals surface area contributed by atoms with Gasteiger partial charge in [0.2, 0.25) is 5.91 Å². The van der Waals surface area contributed by atoms with Crippen LogP contribution in [0.3, 0.4) is 0 Å². The van der Waals surface area contributed by atoms with Gasteiger partial charge in [-0.2, -0.15) is 0 Å². The fourth-order valence-electron chi connectivity index (χ4n) is 2.15. The molecule has 1 fully saturated rings. The summed E-state index contributed by atoms with van der Waals surface area (Å²) in [6.45, 7) is 0.762. The van der Waals surface area contributed by atoms with Gasteiger partial charge in [-0.3, -0.25) is 4.79 Å². The van der Waals surface area contributed by atoms with Gasteiger partial charge in [0.15, 0.2) is 0 Å². The van der Waals surface area contributed by atoms with Crippen LogP contribution in [0.15, 0.2) is 22.7 Å². The van der Waals surface area contributed by atoms with Gasteiger partial charge in [-0.15, -0.1) is 0 Å². The van der Waals surface area contributed by atoms with E-state index >= 15 is 0 Å². The summed E-state index contributed by atoms with van der Waals surface area (Å²) in [6.07, 6.45) is 3.64. The zero-order valence-electron chi connectivity index (χ0n) is 10.9. The van der Waals surface area contributed by atoms with E-state index in [-0.39, 0.29) is 12.0 Å². The minimum atomic E-state index is -0.0386. The Morgan fingerprint density at radius 2 is 2.37 bits per heavy atom. The first kappa shape index (κ1) is 14.3. The highest BCUT2D eigenvalue weighted by atomic mass is 79.9. The van der Waals surface area contributed by atoms with Gasteiger partial charge in [0.25, 0.3) is 0 Å². The number of anilines is 1. The fourth-order valence-corrected chi connectivity index (χ4v) is 2.52. The number of carbonyl (C=O) groups is 1. The van der Waals surface area contributed by atoms with Crippen LogP contribution in [0.25, 0.3) is 0 Å². The van der Waals surface area contributed by atoms with Crippen LogP contribution >= 0.6 is 15.9 Å². The predicted octanol–water partition coefficient (Wildman–Crippen LogP) is 3.36. The van der Waals surface area contributed by atoms with E-state index in [0.29, 0.717) is 17.9 Å². The van der Waals surface area contributed by atoms with Crippen molar-refractivity contribution in [1.29, 1.82) is 0 Å². The van der Waals surface area contributed by atoms with Gasteiger partial charge >= 0.3 is 0 Å². The summed E-state index contributed by atoms with van der Waals surface area (Å²) in [5, 5.41) is 2.88. The molecular formula is C14H18BrNO3. The lowest BCUT2D eigenvalue weighted by molar-refractivity contribution is -0.119. The molecule has 0 bridgehead atoms. The van der Waals surface area contributed by atoms with Crippen LogP contribution < -0.4 is 10.1 Å². The molecule has 104 valence electrons. The third-order valence-corrected chi connectivity index (χ3v) is 3.62. The quantitative estimate of drug-likeness (QED) is 0.922. The summed E-state index contributed by atoms with van der Waals surface area (Å²) in [5.74, 6) is 0.615. The van der Waals surface area contributed by atoms with Gasteiger partial charge in [0.1, 0.15) is 5.75 Å². The lowest BCUT2D eigenvalue weighted by Crippen LogP contribution is -2.25. The molecule has 0 aromatic heterocycles. The molecule has 4 nitrogen and oxygen atoms in total. The molecule has 1 heterocycles. The summed E-state index contributed by atoms with van der Waals surface area (Å²) in [6, 6.07) is 5.52. The predicted molar refractivity (Wildman–Crippen MR) is 77.5 cm³/mol. The number of amides is 1. The highest BCUT2D eigenvalue weighted by Crippen LogP contribution is 2.28. The third-order valence-electron chi connectivity index (χ3n) is 3.12. The van der Waals surface area contributed by atoms with Crippen molar-refractivity contribution in [1.82, 2.24) is 0 Å². The van der Waals surface area contributed by atoms with Crippen molar-refractivity contribution in [3.05, 3.63) is 22.7 Å². The number of rotatable bonds is 4. The van der Waals surface area contributed by atoms with Crippen molar-refractivity contribution >= 4 is 27.5 Å². The second-order valence-electron chi connectivity index (χ2n) is 4.59. The van der Waals surface area contributed by atoms with E-state index in [2.05, 4.69) is 21.2 Å². The lowest BCUT2D eigenvalue weighted by Gasteiger charge is -2.22. The molecule has 0 spiro atoms. The van der Waals surface area contributed by atoms with Crippen LogP contribution in [0.5, 0.6) is 5.75 Å². The monoisotopic (exact) mass is 327 g/mol. The Kier molecular flexibility index (Phi) is 5.22. The molecular weight excluding hydrogens is 310 g/mol. The zero-order chi connectivity index (χ0) is 13.7. The molecule has 1 N–H and O–H groups in total. The Balaban J connectivity index is 1.95. The van der Waals surface area contributed by atoms with Crippen LogP contribution in [-0.2, 0) is 9.53 Å². The van der Waals surface area contributed by atoms with Gasteiger partial charge in [-0.25, -0.2) is 0 Å². The topological polar surface area (TPSA) is 47.6 Å². The van der Waals surface area contributed by atoms with Crippen molar-refractivity contribution in [2.24, 2.45) is 0 Å². The first-order valence-corrected chi connectivity index (χ1v) is 7.23. The number of nitrogens with one attached hydrogen (secondary N) is 1. The number of methoxy groups -OCH3 is 1. The Hall–Kier alpha value is -1.07. The Morgan fingerprint density at radius 3 is 3.05 bits per heavy atom. The molecule has 1 saturated heterocycles. The maximum Gasteiger partial charge on any atom is 0.227 e. The normalized spacial score (nSPS) is 18.9. The van der Waals surface area contributed by atoms with Crippen LogP contribution in [-0.4, -0.2) is 25.7 Å². The van der Waals surface area contributed by atoms with E-state index in [9.17, 15) is 4.79 Å². The molecule has 0 saturated carbocycles. The molecule has 19 heavy (non-hydrogen) atoms. The molecule has 1 aromatic carbocycles. The Morgan fingerprint density at radius 1 is 1.53 bits per heavy atom. The van der Waals surface area contributed by atoms with Crippen molar-refractivity contribution in [2.75, 3.05) is 19.0 Å². The molecule has 1 aromatic rings. The summed E-state index contributed by atoms with van der Waals surface area (Å²) in [7, 11) is 1.59. The zero-order valence-corrected chi connectivity index (χ0v) is 12.5. The molecule has 1 unspecified atom stereocenters.